The van der Waals surface area contributed by atoms with Crippen LogP contribution in [0.15, 0.2) is 12.1 Å². The van der Waals surface area contributed by atoms with Gasteiger partial charge in [-0.2, -0.15) is 4.39 Å². The maximum absolute atomic E-state index is 13.5. The summed E-state index contributed by atoms with van der Waals surface area (Å²) >= 11 is 0. The Morgan fingerprint density at radius 2 is 1.89 bits per heavy atom. The molecule has 0 aromatic carbocycles. The maximum atomic E-state index is 13.5. The molecule has 1 aliphatic rings. The lowest BCUT2D eigenvalue weighted by Gasteiger charge is -2.16. The third kappa shape index (κ3) is 3.57. The fourth-order valence-corrected chi connectivity index (χ4v) is 2.44. The van der Waals surface area contributed by atoms with E-state index < -0.39 is 14.0 Å². The van der Waals surface area contributed by atoms with Gasteiger partial charge in [0.05, 0.1) is 0 Å². The van der Waals surface area contributed by atoms with Crippen LogP contribution in [0.4, 0.5) is 10.2 Å². The highest BCUT2D eigenvalue weighted by Crippen LogP contribution is 2.19. The van der Waals surface area contributed by atoms with Crippen LogP contribution in [0.3, 0.4) is 0 Å². The summed E-state index contributed by atoms with van der Waals surface area (Å²) < 4.78 is 13.5. The van der Waals surface area contributed by atoms with Crippen molar-refractivity contribution in [2.24, 2.45) is 0 Å². The molecule has 0 N–H and O–H groups in total. The van der Waals surface area contributed by atoms with Crippen molar-refractivity contribution in [1.29, 1.82) is 0 Å². The predicted octanol–water partition coefficient (Wildman–Crippen LogP) is 3.05. The molecule has 1 fully saturated rings. The molecule has 0 spiro atoms. The first-order valence-corrected chi connectivity index (χ1v) is 9.90. The van der Waals surface area contributed by atoms with Gasteiger partial charge in [-0.25, -0.2) is 4.98 Å². The molecular weight excluding hydrogens is 243 g/mol. The first-order valence-electron chi connectivity index (χ1n) is 6.40. The molecule has 1 aliphatic heterocycles. The number of rotatable bonds is 1. The molecule has 1 aromatic rings. The Balaban J connectivity index is 2.28. The van der Waals surface area contributed by atoms with Crippen LogP contribution in [0.1, 0.15) is 18.4 Å². The number of anilines is 1. The molecule has 0 aliphatic carbocycles. The zero-order valence-corrected chi connectivity index (χ0v) is 12.3. The molecule has 2 rings (SSSR count). The van der Waals surface area contributed by atoms with Gasteiger partial charge in [0.15, 0.2) is 0 Å². The summed E-state index contributed by atoms with van der Waals surface area (Å²) in [6.45, 7) is 8.48. The Labute approximate surface area is 109 Å². The third-order valence-electron chi connectivity index (χ3n) is 2.79. The summed E-state index contributed by atoms with van der Waals surface area (Å²) in [6, 6.07) is 3.33. The Morgan fingerprint density at radius 1 is 1.22 bits per heavy atom. The average Bonchev–Trinajstić information content (AvgIpc) is 2.78. The highest BCUT2D eigenvalue weighted by molar-refractivity contribution is 6.83. The van der Waals surface area contributed by atoms with Gasteiger partial charge in [0, 0.05) is 24.7 Å². The van der Waals surface area contributed by atoms with E-state index in [1.54, 1.807) is 0 Å². The predicted molar refractivity (Wildman–Crippen MR) is 75.9 cm³/mol. The lowest BCUT2D eigenvalue weighted by atomic mass is 10.2. The monoisotopic (exact) mass is 262 g/mol. The molecule has 0 radical (unpaired) electrons. The quantitative estimate of drug-likeness (QED) is 0.439. The van der Waals surface area contributed by atoms with Crippen LogP contribution in [0.2, 0.25) is 19.6 Å². The molecule has 2 heterocycles. The van der Waals surface area contributed by atoms with Gasteiger partial charge in [-0.15, -0.1) is 5.54 Å². The van der Waals surface area contributed by atoms with Gasteiger partial charge in [0.25, 0.3) is 0 Å². The minimum atomic E-state index is -1.42. The molecule has 18 heavy (non-hydrogen) atoms. The van der Waals surface area contributed by atoms with Gasteiger partial charge in [-0.3, -0.25) is 0 Å². The highest BCUT2D eigenvalue weighted by atomic mass is 28.3. The van der Waals surface area contributed by atoms with Crippen molar-refractivity contribution in [3.63, 3.8) is 0 Å². The minimum absolute atomic E-state index is 0.431. The number of nitrogens with zero attached hydrogens (tertiary/aromatic N) is 2. The molecule has 0 atom stereocenters. The summed E-state index contributed by atoms with van der Waals surface area (Å²) in [4.78, 5) is 6.09. The van der Waals surface area contributed by atoms with Crippen molar-refractivity contribution in [3.8, 4) is 11.5 Å². The first-order chi connectivity index (χ1) is 8.44. The van der Waals surface area contributed by atoms with Crippen molar-refractivity contribution in [1.82, 2.24) is 4.98 Å². The molecule has 0 saturated carbocycles. The zero-order chi connectivity index (χ0) is 13.2. The van der Waals surface area contributed by atoms with Crippen LogP contribution in [0.25, 0.3) is 0 Å². The second-order valence-electron chi connectivity index (χ2n) is 5.73. The number of hydrogen-bond donors (Lipinski definition) is 0. The molecule has 4 heteroatoms. The number of aromatic nitrogens is 1. The standard InChI is InChI=1S/C14H19FN2Si/c1-18(2,3)9-6-12-10-13(15)16-14(11-12)17-7-4-5-8-17/h10-11H,4-5,7-8H2,1-3H3. The van der Waals surface area contributed by atoms with Gasteiger partial charge >= 0.3 is 0 Å². The van der Waals surface area contributed by atoms with E-state index in [0.29, 0.717) is 0 Å². The normalized spacial score (nSPS) is 15.4. The summed E-state index contributed by atoms with van der Waals surface area (Å²) in [5, 5.41) is 0. The number of pyridine rings is 1. The van der Waals surface area contributed by atoms with E-state index in [0.717, 1.165) is 37.3 Å². The highest BCUT2D eigenvalue weighted by Gasteiger charge is 2.15. The van der Waals surface area contributed by atoms with Crippen molar-refractivity contribution < 1.29 is 4.39 Å². The Morgan fingerprint density at radius 3 is 2.50 bits per heavy atom. The van der Waals surface area contributed by atoms with E-state index in [1.807, 2.05) is 6.07 Å². The van der Waals surface area contributed by atoms with Crippen LogP contribution >= 0.6 is 0 Å². The van der Waals surface area contributed by atoms with Crippen molar-refractivity contribution >= 4 is 13.9 Å². The zero-order valence-electron chi connectivity index (χ0n) is 11.3. The molecule has 1 saturated heterocycles. The molecule has 96 valence electrons. The third-order valence-corrected chi connectivity index (χ3v) is 3.67. The fraction of sp³-hybridized carbons (Fsp3) is 0.500. The van der Waals surface area contributed by atoms with Crippen molar-refractivity contribution in [3.05, 3.63) is 23.6 Å². The lowest BCUT2D eigenvalue weighted by molar-refractivity contribution is 0.582. The summed E-state index contributed by atoms with van der Waals surface area (Å²) in [6.07, 6.45) is 2.32. The molecule has 0 unspecified atom stereocenters. The van der Waals surface area contributed by atoms with Crippen LogP contribution in [-0.4, -0.2) is 26.1 Å². The summed E-state index contributed by atoms with van der Waals surface area (Å²) in [5.41, 5.74) is 4.00. The second-order valence-corrected chi connectivity index (χ2v) is 10.5. The van der Waals surface area contributed by atoms with Gasteiger partial charge in [-0.1, -0.05) is 25.6 Å². The fourth-order valence-electron chi connectivity index (χ4n) is 1.92. The molecule has 2 nitrogen and oxygen atoms in total. The van der Waals surface area contributed by atoms with Crippen LogP contribution in [-0.2, 0) is 0 Å². The Bertz CT molecular complexity index is 491. The smallest absolute Gasteiger partial charge is 0.216 e. The minimum Gasteiger partial charge on any atom is -0.356 e. The van der Waals surface area contributed by atoms with E-state index in [9.17, 15) is 4.39 Å². The summed E-state index contributed by atoms with van der Waals surface area (Å²) in [7, 11) is -1.42. The van der Waals surface area contributed by atoms with Gasteiger partial charge in [0.2, 0.25) is 5.95 Å². The van der Waals surface area contributed by atoms with Crippen molar-refractivity contribution in [2.45, 2.75) is 32.5 Å². The molecular formula is C14H19FN2Si. The lowest BCUT2D eigenvalue weighted by Crippen LogP contribution is -2.19. The van der Waals surface area contributed by atoms with Crippen molar-refractivity contribution in [2.75, 3.05) is 18.0 Å². The van der Waals surface area contributed by atoms with Crippen LogP contribution in [0, 0.1) is 17.4 Å². The van der Waals surface area contributed by atoms with E-state index >= 15 is 0 Å². The average molecular weight is 262 g/mol. The summed E-state index contributed by atoms with van der Waals surface area (Å²) in [5.74, 6) is 3.39. The number of halogens is 1. The Kier molecular flexibility index (Phi) is 3.72. The Hall–Kier alpha value is -1.34. The van der Waals surface area contributed by atoms with E-state index in [1.165, 1.54) is 6.07 Å². The molecule has 0 bridgehead atoms. The van der Waals surface area contributed by atoms with Gasteiger partial charge < -0.3 is 4.90 Å². The maximum Gasteiger partial charge on any atom is 0.216 e. The van der Waals surface area contributed by atoms with Gasteiger partial charge in [-0.05, 0) is 18.9 Å². The van der Waals surface area contributed by atoms with E-state index in [4.69, 9.17) is 0 Å². The molecule has 0 amide bonds. The molecule has 1 aromatic heterocycles. The van der Waals surface area contributed by atoms with Crippen LogP contribution in [0.5, 0.6) is 0 Å². The van der Waals surface area contributed by atoms with Gasteiger partial charge in [0.1, 0.15) is 13.9 Å². The SMILES string of the molecule is C[Si](C)(C)C#Cc1cc(F)nc(N2CCCC2)c1. The topological polar surface area (TPSA) is 16.1 Å². The van der Waals surface area contributed by atoms with E-state index in [2.05, 4.69) is 41.0 Å². The largest absolute Gasteiger partial charge is 0.356 e. The second kappa shape index (κ2) is 5.11. The number of hydrogen-bond acceptors (Lipinski definition) is 2. The van der Waals surface area contributed by atoms with E-state index in [-0.39, 0.29) is 0 Å². The van der Waals surface area contributed by atoms with Crippen LogP contribution < -0.4 is 4.90 Å². The first kappa shape index (κ1) is 13.1.